The smallest absolute Gasteiger partial charge is 0.153 e. The Morgan fingerprint density at radius 3 is 2.75 bits per heavy atom. The van der Waals surface area contributed by atoms with Crippen molar-refractivity contribution in [2.24, 2.45) is 5.92 Å². The Bertz CT molecular complexity index is 675. The van der Waals surface area contributed by atoms with Crippen molar-refractivity contribution < 1.29 is 4.74 Å². The van der Waals surface area contributed by atoms with Crippen molar-refractivity contribution in [3.05, 3.63) is 29.8 Å². The van der Waals surface area contributed by atoms with Crippen molar-refractivity contribution in [3.8, 4) is 5.75 Å². The molecule has 0 fully saturated rings. The van der Waals surface area contributed by atoms with Crippen molar-refractivity contribution in [1.82, 2.24) is 10.2 Å². The summed E-state index contributed by atoms with van der Waals surface area (Å²) in [4.78, 5) is 0. The molecule has 1 aromatic carbocycles. The van der Waals surface area contributed by atoms with Gasteiger partial charge in [0.2, 0.25) is 0 Å². The number of ether oxygens (including phenoxy) is 1. The van der Waals surface area contributed by atoms with Crippen LogP contribution in [0.5, 0.6) is 5.75 Å². The number of rotatable bonds is 10. The van der Waals surface area contributed by atoms with E-state index in [1.807, 2.05) is 19.1 Å². The van der Waals surface area contributed by atoms with E-state index < -0.39 is 0 Å². The van der Waals surface area contributed by atoms with E-state index in [-0.39, 0.29) is 0 Å². The highest BCUT2D eigenvalue weighted by atomic mass is 16.5. The van der Waals surface area contributed by atoms with Gasteiger partial charge < -0.3 is 10.5 Å². The number of hydrogen-bond acceptors (Lipinski definition) is 3. The molecule has 1 aromatic heterocycles. The molecule has 4 nitrogen and oxygen atoms in total. The zero-order chi connectivity index (χ0) is 17.5. The molecule has 2 aromatic rings. The van der Waals surface area contributed by atoms with Gasteiger partial charge in [-0.15, -0.1) is 0 Å². The standard InChI is InChI=1S/C20H31N3O/c1-5-7-14(3)9-10-16(8-6-2)13-24-17-11-15(4)19-18(12-17)22-23-20(19)21/h11-12,16H,3,5-10,13H2,1-2,4H3,(H3,21,22,23). The number of aryl methyl sites for hydroxylation is 1. The molecule has 2 rings (SSSR count). The first kappa shape index (κ1) is 18.4. The second-order valence-electron chi connectivity index (χ2n) is 6.78. The fourth-order valence-electron chi connectivity index (χ4n) is 3.26. The minimum atomic E-state index is 0.548. The molecule has 1 heterocycles. The number of nitrogens with two attached hydrogens (primary N) is 1. The second-order valence-corrected chi connectivity index (χ2v) is 6.78. The number of nitrogens with zero attached hydrogens (tertiary/aromatic N) is 1. The van der Waals surface area contributed by atoms with Gasteiger partial charge >= 0.3 is 0 Å². The van der Waals surface area contributed by atoms with Gasteiger partial charge in [0, 0.05) is 11.5 Å². The van der Waals surface area contributed by atoms with Crippen LogP contribution in [0.1, 0.15) is 57.9 Å². The number of aromatic amines is 1. The Morgan fingerprint density at radius 2 is 2.04 bits per heavy atom. The number of fused-ring (bicyclic) bond motifs is 1. The predicted octanol–water partition coefficient (Wildman–Crippen LogP) is 5.39. The van der Waals surface area contributed by atoms with Crippen LogP contribution in [0.15, 0.2) is 24.3 Å². The Labute approximate surface area is 145 Å². The van der Waals surface area contributed by atoms with Crippen LogP contribution in [0.4, 0.5) is 5.82 Å². The lowest BCUT2D eigenvalue weighted by Crippen LogP contribution is -2.12. The maximum Gasteiger partial charge on any atom is 0.153 e. The molecule has 1 atom stereocenters. The lowest BCUT2D eigenvalue weighted by atomic mass is 9.95. The highest BCUT2D eigenvalue weighted by molar-refractivity contribution is 5.92. The minimum Gasteiger partial charge on any atom is -0.493 e. The van der Waals surface area contributed by atoms with Crippen LogP contribution in [-0.2, 0) is 0 Å². The Morgan fingerprint density at radius 1 is 1.25 bits per heavy atom. The van der Waals surface area contributed by atoms with E-state index in [1.165, 1.54) is 24.8 Å². The van der Waals surface area contributed by atoms with E-state index in [9.17, 15) is 0 Å². The number of aromatic nitrogens is 2. The Hall–Kier alpha value is -1.97. The molecule has 0 bridgehead atoms. The topological polar surface area (TPSA) is 63.9 Å². The number of allylic oxidation sites excluding steroid dienone is 1. The number of anilines is 1. The lowest BCUT2D eigenvalue weighted by molar-refractivity contribution is 0.230. The van der Waals surface area contributed by atoms with Gasteiger partial charge in [0.05, 0.1) is 12.1 Å². The zero-order valence-electron chi connectivity index (χ0n) is 15.3. The monoisotopic (exact) mass is 329 g/mol. The largest absolute Gasteiger partial charge is 0.493 e. The van der Waals surface area contributed by atoms with Crippen molar-refractivity contribution >= 4 is 16.7 Å². The molecule has 132 valence electrons. The van der Waals surface area contributed by atoms with Gasteiger partial charge in [0.25, 0.3) is 0 Å². The fourth-order valence-corrected chi connectivity index (χ4v) is 3.26. The highest BCUT2D eigenvalue weighted by Gasteiger charge is 2.12. The van der Waals surface area contributed by atoms with Gasteiger partial charge in [-0.2, -0.15) is 5.10 Å². The number of H-pyrrole nitrogens is 1. The summed E-state index contributed by atoms with van der Waals surface area (Å²) in [5.41, 5.74) is 9.29. The lowest BCUT2D eigenvalue weighted by Gasteiger charge is -2.18. The van der Waals surface area contributed by atoms with Gasteiger partial charge in [0.15, 0.2) is 5.82 Å². The maximum absolute atomic E-state index is 6.09. The van der Waals surface area contributed by atoms with Crippen molar-refractivity contribution in [3.63, 3.8) is 0 Å². The minimum absolute atomic E-state index is 0.548. The zero-order valence-corrected chi connectivity index (χ0v) is 15.3. The molecule has 3 N–H and O–H groups in total. The van der Waals surface area contributed by atoms with Gasteiger partial charge in [-0.1, -0.05) is 38.8 Å². The maximum atomic E-state index is 6.09. The van der Waals surface area contributed by atoms with Crippen LogP contribution in [0, 0.1) is 12.8 Å². The van der Waals surface area contributed by atoms with Crippen molar-refractivity contribution in [1.29, 1.82) is 0 Å². The third-order valence-corrected chi connectivity index (χ3v) is 4.55. The van der Waals surface area contributed by atoms with Gasteiger partial charge in [0.1, 0.15) is 5.75 Å². The molecule has 0 saturated heterocycles. The van der Waals surface area contributed by atoms with E-state index in [0.29, 0.717) is 11.7 Å². The number of nitrogens with one attached hydrogen (secondary N) is 1. The normalized spacial score (nSPS) is 12.5. The number of hydrogen-bond donors (Lipinski definition) is 2. The van der Waals surface area contributed by atoms with Crippen LogP contribution in [0.3, 0.4) is 0 Å². The van der Waals surface area contributed by atoms with E-state index in [1.54, 1.807) is 0 Å². The van der Waals surface area contributed by atoms with E-state index in [2.05, 4.69) is 30.6 Å². The number of nitrogen functional groups attached to an aromatic ring is 1. The first-order valence-electron chi connectivity index (χ1n) is 9.08. The molecule has 0 aliphatic rings. The third kappa shape index (κ3) is 4.76. The van der Waals surface area contributed by atoms with Crippen molar-refractivity contribution in [2.75, 3.05) is 12.3 Å². The fraction of sp³-hybridized carbons (Fsp3) is 0.550. The molecule has 4 heteroatoms. The van der Waals surface area contributed by atoms with Crippen LogP contribution in [0.25, 0.3) is 10.9 Å². The molecule has 0 aliphatic heterocycles. The molecule has 1 unspecified atom stereocenters. The molecule has 0 aliphatic carbocycles. The molecular weight excluding hydrogens is 298 g/mol. The summed E-state index contributed by atoms with van der Waals surface area (Å²) in [6.45, 7) is 11.4. The summed E-state index contributed by atoms with van der Waals surface area (Å²) < 4.78 is 6.09. The first-order chi connectivity index (χ1) is 11.5. The molecular formula is C20H31N3O. The van der Waals surface area contributed by atoms with Gasteiger partial charge in [-0.25, -0.2) is 0 Å². The summed E-state index contributed by atoms with van der Waals surface area (Å²) in [5.74, 6) is 2.01. The SMILES string of the molecule is C=C(CCC)CCC(CCC)COc1cc(C)c2c(N)n[nH]c2c1. The Kier molecular flexibility index (Phi) is 6.71. The average molecular weight is 329 g/mol. The van der Waals surface area contributed by atoms with Crippen LogP contribution < -0.4 is 10.5 Å². The quantitative estimate of drug-likeness (QED) is 0.575. The summed E-state index contributed by atoms with van der Waals surface area (Å²) in [5, 5.41) is 8.03. The highest BCUT2D eigenvalue weighted by Crippen LogP contribution is 2.28. The van der Waals surface area contributed by atoms with Crippen LogP contribution in [0.2, 0.25) is 0 Å². The summed E-state index contributed by atoms with van der Waals surface area (Å²) in [6, 6.07) is 4.04. The average Bonchev–Trinajstić information content (AvgIpc) is 2.92. The van der Waals surface area contributed by atoms with Gasteiger partial charge in [-0.3, -0.25) is 5.10 Å². The van der Waals surface area contributed by atoms with Crippen LogP contribution >= 0.6 is 0 Å². The van der Waals surface area contributed by atoms with E-state index >= 15 is 0 Å². The predicted molar refractivity (Wildman–Crippen MR) is 102 cm³/mol. The molecule has 0 spiro atoms. The van der Waals surface area contributed by atoms with Crippen LogP contribution in [-0.4, -0.2) is 16.8 Å². The van der Waals surface area contributed by atoms with E-state index in [4.69, 9.17) is 10.5 Å². The van der Waals surface area contributed by atoms with E-state index in [0.717, 1.165) is 48.1 Å². The summed E-state index contributed by atoms with van der Waals surface area (Å²) in [7, 11) is 0. The third-order valence-electron chi connectivity index (χ3n) is 4.55. The first-order valence-corrected chi connectivity index (χ1v) is 9.08. The summed E-state index contributed by atoms with van der Waals surface area (Å²) in [6.07, 6.45) is 6.96. The number of benzene rings is 1. The Balaban J connectivity index is 1.97. The molecule has 24 heavy (non-hydrogen) atoms. The molecule has 0 saturated carbocycles. The van der Waals surface area contributed by atoms with Gasteiger partial charge in [-0.05, 0) is 50.2 Å². The van der Waals surface area contributed by atoms with Crippen molar-refractivity contribution in [2.45, 2.75) is 59.3 Å². The molecule has 0 radical (unpaired) electrons. The summed E-state index contributed by atoms with van der Waals surface area (Å²) >= 11 is 0. The second kappa shape index (κ2) is 8.76. The molecule has 0 amide bonds.